The molecule has 1 aliphatic carbocycles. The third-order valence-electron chi connectivity index (χ3n) is 6.57. The van der Waals surface area contributed by atoms with Gasteiger partial charge in [0.25, 0.3) is 0 Å². The molecule has 5 heteroatoms. The first kappa shape index (κ1) is 22.3. The molecule has 0 saturated carbocycles. The van der Waals surface area contributed by atoms with Crippen LogP contribution in [0.5, 0.6) is 0 Å². The lowest BCUT2D eigenvalue weighted by Gasteiger charge is -2.36. The third-order valence-corrected chi connectivity index (χ3v) is 8.82. The van der Waals surface area contributed by atoms with Gasteiger partial charge in [0, 0.05) is 23.5 Å². The monoisotopic (exact) mass is 455 g/mol. The van der Waals surface area contributed by atoms with Crippen molar-refractivity contribution in [2.45, 2.75) is 44.9 Å². The predicted octanol–water partition coefficient (Wildman–Crippen LogP) is 6.40. The Morgan fingerprint density at radius 1 is 0.968 bits per heavy atom. The molecule has 1 atom stereocenters. The number of rotatable bonds is 3. The van der Waals surface area contributed by atoms with Crippen LogP contribution in [0.2, 0.25) is 0 Å². The summed E-state index contributed by atoms with van der Waals surface area (Å²) in [6.45, 7) is 7.26. The van der Waals surface area contributed by atoms with Crippen molar-refractivity contribution in [1.29, 1.82) is 0 Å². The number of nitrogens with zero attached hydrogens (tertiary/aromatic N) is 1. The molecule has 2 aromatic carbocycles. The van der Waals surface area contributed by atoms with Crippen LogP contribution in [0, 0.1) is 17.8 Å². The van der Waals surface area contributed by atoms with E-state index in [1.165, 1.54) is 0 Å². The van der Waals surface area contributed by atoms with Crippen LogP contribution in [0.3, 0.4) is 0 Å². The molecule has 1 spiro atoms. The van der Waals surface area contributed by atoms with Gasteiger partial charge in [0.15, 0.2) is 0 Å². The summed E-state index contributed by atoms with van der Waals surface area (Å²) in [5, 5.41) is 0.688. The number of hydrogen-bond donors (Lipinski definition) is 0. The van der Waals surface area contributed by atoms with Gasteiger partial charge < -0.3 is 0 Å². The predicted molar refractivity (Wildman–Crippen MR) is 128 cm³/mol. The van der Waals surface area contributed by atoms with Gasteiger partial charge in [-0.05, 0) is 54.9 Å². The fourth-order valence-corrected chi connectivity index (χ4v) is 6.93. The SMILES string of the molecule is Cc1ccc(S(=O)(=O)N2C/C(=C(\Cl)c3ccccc3)C3(CC=CCC(C)(C)C3)C2)cc1. The largest absolute Gasteiger partial charge is 0.243 e. The maximum absolute atomic E-state index is 13.6. The quantitative estimate of drug-likeness (QED) is 0.502. The van der Waals surface area contributed by atoms with Crippen LogP contribution in [0.15, 0.2) is 77.2 Å². The van der Waals surface area contributed by atoms with Gasteiger partial charge in [-0.25, -0.2) is 8.42 Å². The van der Waals surface area contributed by atoms with Crippen molar-refractivity contribution >= 4 is 26.7 Å². The Kier molecular flexibility index (Phi) is 5.93. The highest BCUT2D eigenvalue weighted by Crippen LogP contribution is 2.53. The van der Waals surface area contributed by atoms with E-state index in [1.807, 2.05) is 49.4 Å². The lowest BCUT2D eigenvalue weighted by molar-refractivity contribution is 0.209. The molecule has 2 aliphatic rings. The van der Waals surface area contributed by atoms with E-state index >= 15 is 0 Å². The van der Waals surface area contributed by atoms with E-state index in [2.05, 4.69) is 26.0 Å². The Morgan fingerprint density at radius 3 is 2.29 bits per heavy atom. The summed E-state index contributed by atoms with van der Waals surface area (Å²) in [6.07, 6.45) is 7.13. The zero-order chi connectivity index (χ0) is 22.3. The molecule has 0 aromatic heterocycles. The molecule has 0 N–H and O–H groups in total. The van der Waals surface area contributed by atoms with Crippen LogP contribution < -0.4 is 0 Å². The van der Waals surface area contributed by atoms with Crippen molar-refractivity contribution in [2.24, 2.45) is 10.8 Å². The second kappa shape index (κ2) is 8.23. The average Bonchev–Trinajstić information content (AvgIpc) is 3.02. The summed E-state index contributed by atoms with van der Waals surface area (Å²) in [7, 11) is -3.61. The molecule has 164 valence electrons. The van der Waals surface area contributed by atoms with Crippen LogP contribution in [0.25, 0.3) is 5.03 Å². The molecule has 1 heterocycles. The number of allylic oxidation sites excluding steroid dienone is 2. The van der Waals surface area contributed by atoms with E-state index in [4.69, 9.17) is 11.6 Å². The summed E-state index contributed by atoms with van der Waals surface area (Å²) < 4.78 is 28.8. The molecule has 31 heavy (non-hydrogen) atoms. The van der Waals surface area contributed by atoms with Crippen LogP contribution in [0.1, 0.15) is 44.2 Å². The molecule has 3 nitrogen and oxygen atoms in total. The number of hydrogen-bond acceptors (Lipinski definition) is 2. The van der Waals surface area contributed by atoms with Crippen molar-refractivity contribution in [3.05, 3.63) is 83.4 Å². The van der Waals surface area contributed by atoms with Crippen molar-refractivity contribution in [3.63, 3.8) is 0 Å². The molecule has 2 aromatic rings. The minimum Gasteiger partial charge on any atom is -0.207 e. The Hall–Kier alpha value is -1.88. The molecule has 0 amide bonds. The van der Waals surface area contributed by atoms with Crippen molar-refractivity contribution < 1.29 is 8.42 Å². The fraction of sp³-hybridized carbons (Fsp3) is 0.385. The van der Waals surface area contributed by atoms with E-state index in [0.717, 1.165) is 36.0 Å². The Morgan fingerprint density at radius 2 is 1.61 bits per heavy atom. The van der Waals surface area contributed by atoms with E-state index in [0.29, 0.717) is 23.0 Å². The number of benzene rings is 2. The highest BCUT2D eigenvalue weighted by molar-refractivity contribution is 7.89. The summed E-state index contributed by atoms with van der Waals surface area (Å²) in [4.78, 5) is 0.341. The summed E-state index contributed by atoms with van der Waals surface area (Å²) in [5.41, 5.74) is 2.78. The van der Waals surface area contributed by atoms with Gasteiger partial charge in [0.05, 0.1) is 4.90 Å². The number of halogens is 1. The van der Waals surface area contributed by atoms with E-state index < -0.39 is 10.0 Å². The molecule has 4 rings (SSSR count). The highest BCUT2D eigenvalue weighted by atomic mass is 35.5. The van der Waals surface area contributed by atoms with Gasteiger partial charge in [0.2, 0.25) is 10.0 Å². The number of sulfonamides is 1. The maximum atomic E-state index is 13.6. The van der Waals surface area contributed by atoms with E-state index in [1.54, 1.807) is 16.4 Å². The third kappa shape index (κ3) is 4.39. The number of aryl methyl sites for hydroxylation is 1. The topological polar surface area (TPSA) is 37.4 Å². The molecule has 1 fully saturated rings. The Bertz CT molecular complexity index is 1120. The molecule has 1 saturated heterocycles. The van der Waals surface area contributed by atoms with Crippen LogP contribution in [-0.4, -0.2) is 25.8 Å². The first-order valence-electron chi connectivity index (χ1n) is 10.8. The molecule has 0 bridgehead atoms. The highest BCUT2D eigenvalue weighted by Gasteiger charge is 2.49. The smallest absolute Gasteiger partial charge is 0.207 e. The lowest BCUT2D eigenvalue weighted by atomic mass is 9.68. The van der Waals surface area contributed by atoms with Gasteiger partial charge in [-0.1, -0.05) is 85.6 Å². The van der Waals surface area contributed by atoms with E-state index in [-0.39, 0.29) is 10.8 Å². The zero-order valence-electron chi connectivity index (χ0n) is 18.4. The molecule has 0 radical (unpaired) electrons. The minimum atomic E-state index is -3.61. The van der Waals surface area contributed by atoms with Gasteiger partial charge in [-0.2, -0.15) is 4.31 Å². The van der Waals surface area contributed by atoms with E-state index in [9.17, 15) is 8.42 Å². The van der Waals surface area contributed by atoms with Crippen molar-refractivity contribution in [1.82, 2.24) is 4.31 Å². The van der Waals surface area contributed by atoms with Gasteiger partial charge in [0.1, 0.15) is 0 Å². The van der Waals surface area contributed by atoms with Crippen LogP contribution in [0.4, 0.5) is 0 Å². The zero-order valence-corrected chi connectivity index (χ0v) is 20.0. The molecular weight excluding hydrogens is 426 g/mol. The summed E-state index contributed by atoms with van der Waals surface area (Å²) in [6, 6.07) is 17.0. The van der Waals surface area contributed by atoms with Crippen LogP contribution in [-0.2, 0) is 10.0 Å². The van der Waals surface area contributed by atoms with Crippen molar-refractivity contribution in [3.8, 4) is 0 Å². The van der Waals surface area contributed by atoms with Crippen molar-refractivity contribution in [2.75, 3.05) is 13.1 Å². The standard InChI is InChI=1S/C26H30ClNO2S/c1-20-11-13-22(14-12-20)31(29,30)28-17-23(24(27)21-9-5-4-6-10-21)26(19-28)16-8-7-15-25(2,3)18-26/h4-14H,15-19H2,1-3H3/b24-23+. The van der Waals surface area contributed by atoms with Crippen LogP contribution >= 0.6 is 11.6 Å². The normalized spacial score (nSPS) is 25.5. The first-order chi connectivity index (χ1) is 14.6. The fourth-order valence-electron chi connectivity index (χ4n) is 5.05. The second-order valence-electron chi connectivity index (χ2n) is 9.75. The molecular formula is C26H30ClNO2S. The lowest BCUT2D eigenvalue weighted by Crippen LogP contribution is -2.34. The molecule has 1 unspecified atom stereocenters. The van der Waals surface area contributed by atoms with Gasteiger partial charge in [-0.3, -0.25) is 0 Å². The average molecular weight is 456 g/mol. The Labute approximate surface area is 191 Å². The molecule has 1 aliphatic heterocycles. The van der Waals surface area contributed by atoms with Gasteiger partial charge in [-0.15, -0.1) is 0 Å². The maximum Gasteiger partial charge on any atom is 0.243 e. The van der Waals surface area contributed by atoms with Gasteiger partial charge >= 0.3 is 0 Å². The first-order valence-corrected chi connectivity index (χ1v) is 12.6. The minimum absolute atomic E-state index is 0.0652. The second-order valence-corrected chi connectivity index (χ2v) is 12.1. The Balaban J connectivity index is 1.82. The summed E-state index contributed by atoms with van der Waals surface area (Å²) >= 11 is 7.00. The summed E-state index contributed by atoms with van der Waals surface area (Å²) in [5.74, 6) is 0.